The predicted octanol–water partition coefficient (Wildman–Crippen LogP) is 6.59. The molecule has 0 N–H and O–H groups in total. The largest absolute Gasteiger partial charge is 0.489 e. The molecule has 0 saturated heterocycles. The number of ether oxygens (including phenoxy) is 1. The summed E-state index contributed by atoms with van der Waals surface area (Å²) in [6.45, 7) is 0.465. The highest BCUT2D eigenvalue weighted by molar-refractivity contribution is 14.1. The summed E-state index contributed by atoms with van der Waals surface area (Å²) >= 11 is 8.15. The lowest BCUT2D eigenvalue weighted by Crippen LogP contribution is -1.95. The van der Waals surface area contributed by atoms with Gasteiger partial charge in [-0.3, -0.25) is 0 Å². The van der Waals surface area contributed by atoms with Crippen molar-refractivity contribution >= 4 is 45.8 Å². The van der Waals surface area contributed by atoms with E-state index in [9.17, 15) is 5.26 Å². The number of nitrogens with zero attached hydrogens (tertiary/aromatic N) is 1. The van der Waals surface area contributed by atoms with Crippen LogP contribution in [-0.2, 0) is 6.61 Å². The van der Waals surface area contributed by atoms with Crippen molar-refractivity contribution in [1.82, 2.24) is 0 Å². The summed E-state index contributed by atoms with van der Waals surface area (Å²) in [5.74, 6) is 0.758. The highest BCUT2D eigenvalue weighted by atomic mass is 127. The smallest absolute Gasteiger partial charge is 0.120 e. The first-order valence-corrected chi connectivity index (χ1v) is 9.45. The average molecular weight is 472 g/mol. The lowest BCUT2D eigenvalue weighted by atomic mass is 10.0. The Bertz CT molecular complexity index is 957. The molecule has 0 amide bonds. The normalized spacial score (nSPS) is 11.0. The third kappa shape index (κ3) is 5.10. The van der Waals surface area contributed by atoms with Gasteiger partial charge in [-0.25, -0.2) is 0 Å². The SMILES string of the molecule is N#C/C(=C/c1cccc(OCc2ccc(Cl)cc2)c1)c1ccc(I)cc1. The predicted molar refractivity (Wildman–Crippen MR) is 115 cm³/mol. The summed E-state index contributed by atoms with van der Waals surface area (Å²) in [5, 5.41) is 10.2. The molecule has 3 aromatic rings. The summed E-state index contributed by atoms with van der Waals surface area (Å²) in [5.41, 5.74) is 3.50. The van der Waals surface area contributed by atoms with Gasteiger partial charge in [0.25, 0.3) is 0 Å². The van der Waals surface area contributed by atoms with E-state index in [0.29, 0.717) is 17.2 Å². The second kappa shape index (κ2) is 8.88. The first-order valence-electron chi connectivity index (χ1n) is 7.99. The zero-order chi connectivity index (χ0) is 18.4. The second-order valence-electron chi connectivity index (χ2n) is 5.66. The Labute approximate surface area is 171 Å². The van der Waals surface area contributed by atoms with Crippen LogP contribution in [0.2, 0.25) is 5.02 Å². The van der Waals surface area contributed by atoms with Crippen LogP contribution in [0.15, 0.2) is 72.8 Å². The summed E-state index contributed by atoms with van der Waals surface area (Å²) in [7, 11) is 0. The van der Waals surface area contributed by atoms with E-state index < -0.39 is 0 Å². The van der Waals surface area contributed by atoms with Crippen LogP contribution in [0.3, 0.4) is 0 Å². The van der Waals surface area contributed by atoms with Crippen LogP contribution < -0.4 is 4.74 Å². The number of hydrogen-bond donors (Lipinski definition) is 0. The van der Waals surface area contributed by atoms with Crippen molar-refractivity contribution in [3.05, 3.63) is 98.1 Å². The molecule has 2 nitrogen and oxygen atoms in total. The molecule has 3 rings (SSSR count). The molecule has 26 heavy (non-hydrogen) atoms. The number of hydrogen-bond acceptors (Lipinski definition) is 2. The molecule has 0 fully saturated rings. The van der Waals surface area contributed by atoms with Gasteiger partial charge in [-0.1, -0.05) is 48.0 Å². The average Bonchev–Trinajstić information content (AvgIpc) is 2.67. The van der Waals surface area contributed by atoms with Crippen molar-refractivity contribution in [2.45, 2.75) is 6.61 Å². The molecule has 0 heterocycles. The number of nitriles is 1. The number of benzene rings is 3. The standard InChI is InChI=1S/C22H15ClINO/c23-20-8-4-16(5-9-20)15-26-22-3-1-2-17(13-22)12-19(14-25)18-6-10-21(24)11-7-18/h1-13H,15H2/b19-12-. The monoisotopic (exact) mass is 471 g/mol. The van der Waals surface area contributed by atoms with Crippen molar-refractivity contribution in [2.75, 3.05) is 0 Å². The number of rotatable bonds is 5. The fraction of sp³-hybridized carbons (Fsp3) is 0.0455. The molecule has 0 aliphatic rings. The minimum atomic E-state index is 0.465. The molecule has 0 radical (unpaired) electrons. The van der Waals surface area contributed by atoms with Gasteiger partial charge in [0.15, 0.2) is 0 Å². The Morgan fingerprint density at radius 1 is 1.04 bits per heavy atom. The lowest BCUT2D eigenvalue weighted by molar-refractivity contribution is 0.306. The molecular formula is C22H15ClINO. The van der Waals surface area contributed by atoms with Gasteiger partial charge in [0.1, 0.15) is 12.4 Å². The van der Waals surface area contributed by atoms with Gasteiger partial charge in [0.2, 0.25) is 0 Å². The molecule has 0 aliphatic carbocycles. The van der Waals surface area contributed by atoms with Gasteiger partial charge in [-0.2, -0.15) is 5.26 Å². The highest BCUT2D eigenvalue weighted by Crippen LogP contribution is 2.22. The molecule has 3 aromatic carbocycles. The lowest BCUT2D eigenvalue weighted by Gasteiger charge is -2.07. The summed E-state index contributed by atoms with van der Waals surface area (Å²) in [4.78, 5) is 0. The fourth-order valence-electron chi connectivity index (χ4n) is 2.42. The maximum atomic E-state index is 9.49. The maximum absolute atomic E-state index is 9.49. The fourth-order valence-corrected chi connectivity index (χ4v) is 2.90. The zero-order valence-corrected chi connectivity index (χ0v) is 16.7. The molecule has 4 heteroatoms. The van der Waals surface area contributed by atoms with E-state index in [1.54, 1.807) is 0 Å². The molecule has 0 spiro atoms. The van der Waals surface area contributed by atoms with Crippen LogP contribution in [0, 0.1) is 14.9 Å². The number of allylic oxidation sites excluding steroid dienone is 1. The highest BCUT2D eigenvalue weighted by Gasteiger charge is 2.03. The van der Waals surface area contributed by atoms with E-state index in [2.05, 4.69) is 28.7 Å². The third-order valence-electron chi connectivity index (χ3n) is 3.76. The van der Waals surface area contributed by atoms with Crippen LogP contribution >= 0.6 is 34.2 Å². The molecular weight excluding hydrogens is 457 g/mol. The van der Waals surface area contributed by atoms with Gasteiger partial charge in [0, 0.05) is 8.59 Å². The van der Waals surface area contributed by atoms with Crippen LogP contribution in [0.4, 0.5) is 0 Å². The van der Waals surface area contributed by atoms with E-state index >= 15 is 0 Å². The number of halogens is 2. The first-order chi connectivity index (χ1) is 12.6. The summed E-state index contributed by atoms with van der Waals surface area (Å²) in [6, 6.07) is 25.5. The van der Waals surface area contributed by atoms with Crippen LogP contribution in [0.5, 0.6) is 5.75 Å². The Hall–Kier alpha value is -2.29. The minimum absolute atomic E-state index is 0.465. The van der Waals surface area contributed by atoms with Gasteiger partial charge >= 0.3 is 0 Å². The van der Waals surface area contributed by atoms with Crippen LogP contribution in [-0.4, -0.2) is 0 Å². The van der Waals surface area contributed by atoms with E-state index in [-0.39, 0.29) is 0 Å². The van der Waals surface area contributed by atoms with Crippen LogP contribution in [0.1, 0.15) is 16.7 Å². The molecule has 128 valence electrons. The van der Waals surface area contributed by atoms with E-state index in [0.717, 1.165) is 26.0 Å². The summed E-state index contributed by atoms with van der Waals surface area (Å²) in [6.07, 6.45) is 1.87. The van der Waals surface area contributed by atoms with Gasteiger partial charge in [-0.15, -0.1) is 0 Å². The summed E-state index contributed by atoms with van der Waals surface area (Å²) < 4.78 is 6.99. The first kappa shape index (κ1) is 18.5. The molecule has 0 saturated carbocycles. The van der Waals surface area contributed by atoms with Gasteiger partial charge in [0.05, 0.1) is 11.6 Å². The topological polar surface area (TPSA) is 33.0 Å². The Balaban J connectivity index is 1.76. The molecule has 0 atom stereocenters. The van der Waals surface area contributed by atoms with Gasteiger partial charge < -0.3 is 4.74 Å². The molecule has 0 aromatic heterocycles. The minimum Gasteiger partial charge on any atom is -0.489 e. The van der Waals surface area contributed by atoms with Crippen molar-refractivity contribution < 1.29 is 4.74 Å². The molecule has 0 bridgehead atoms. The Kier molecular flexibility index (Phi) is 6.32. The van der Waals surface area contributed by atoms with Crippen molar-refractivity contribution in [1.29, 1.82) is 5.26 Å². The van der Waals surface area contributed by atoms with Crippen molar-refractivity contribution in [3.63, 3.8) is 0 Å². The molecule has 0 unspecified atom stereocenters. The van der Waals surface area contributed by atoms with Crippen LogP contribution in [0.25, 0.3) is 11.6 Å². The Morgan fingerprint density at radius 3 is 2.46 bits per heavy atom. The molecule has 0 aliphatic heterocycles. The Morgan fingerprint density at radius 2 is 1.77 bits per heavy atom. The van der Waals surface area contributed by atoms with Crippen molar-refractivity contribution in [3.8, 4) is 11.8 Å². The quantitative estimate of drug-likeness (QED) is 0.239. The zero-order valence-electron chi connectivity index (χ0n) is 13.8. The second-order valence-corrected chi connectivity index (χ2v) is 7.35. The third-order valence-corrected chi connectivity index (χ3v) is 4.73. The maximum Gasteiger partial charge on any atom is 0.120 e. The van der Waals surface area contributed by atoms with Crippen molar-refractivity contribution in [2.24, 2.45) is 0 Å². The van der Waals surface area contributed by atoms with E-state index in [4.69, 9.17) is 16.3 Å². The van der Waals surface area contributed by atoms with Gasteiger partial charge in [-0.05, 0) is 81.8 Å². The van der Waals surface area contributed by atoms with E-state index in [1.807, 2.05) is 78.9 Å². The van der Waals surface area contributed by atoms with E-state index in [1.165, 1.54) is 0 Å².